The molecule has 0 unspecified atom stereocenters. The van der Waals surface area contributed by atoms with Crippen LogP contribution >= 0.6 is 0 Å². The molecule has 8 nitrogen and oxygen atoms in total. The molecule has 3 aromatic rings. The summed E-state index contributed by atoms with van der Waals surface area (Å²) in [7, 11) is 0. The van der Waals surface area contributed by atoms with Gasteiger partial charge in [0, 0.05) is 11.4 Å². The van der Waals surface area contributed by atoms with Crippen LogP contribution in [-0.4, -0.2) is 40.5 Å². The second-order valence-corrected chi connectivity index (χ2v) is 6.03. The normalized spacial score (nSPS) is 10.3. The second kappa shape index (κ2) is 9.41. The first-order valence-corrected chi connectivity index (χ1v) is 8.70. The summed E-state index contributed by atoms with van der Waals surface area (Å²) in [5.74, 6) is -2.91. The number of hydrogen-bond acceptors (Lipinski definition) is 5. The highest BCUT2D eigenvalue weighted by Crippen LogP contribution is 2.13. The average molecular weight is 414 g/mol. The molecule has 1 heterocycles. The van der Waals surface area contributed by atoms with Crippen LogP contribution in [0.5, 0.6) is 0 Å². The van der Waals surface area contributed by atoms with E-state index >= 15 is 0 Å². The lowest BCUT2D eigenvalue weighted by Gasteiger charge is -2.09. The first-order chi connectivity index (χ1) is 14.4. The third-order valence-corrected chi connectivity index (χ3v) is 3.86. The summed E-state index contributed by atoms with van der Waals surface area (Å²) >= 11 is 0. The Morgan fingerprint density at radius 2 is 1.57 bits per heavy atom. The van der Waals surface area contributed by atoms with Crippen molar-refractivity contribution in [2.24, 2.45) is 0 Å². The van der Waals surface area contributed by atoms with Crippen LogP contribution in [0.4, 0.5) is 14.5 Å². The molecule has 3 rings (SSSR count). The van der Waals surface area contributed by atoms with Crippen LogP contribution < -0.4 is 10.6 Å². The number of carbonyl (C=O) groups excluding carboxylic acids is 3. The molecule has 0 aliphatic heterocycles. The molecule has 0 saturated heterocycles. The van der Waals surface area contributed by atoms with E-state index in [-0.39, 0.29) is 12.2 Å². The number of carbonyl (C=O) groups is 3. The minimum absolute atomic E-state index is 0.0449. The molecule has 0 radical (unpaired) electrons. The first kappa shape index (κ1) is 20.6. The van der Waals surface area contributed by atoms with E-state index in [0.717, 1.165) is 0 Å². The number of anilines is 1. The SMILES string of the molecule is O=C(COC(=O)c1cncn1-c1ccc(F)cc1)NCC(=O)Nc1ccc(F)cc1. The third-order valence-electron chi connectivity index (χ3n) is 3.86. The fourth-order valence-corrected chi connectivity index (χ4v) is 2.43. The molecule has 0 atom stereocenters. The highest BCUT2D eigenvalue weighted by atomic mass is 19.1. The summed E-state index contributed by atoms with van der Waals surface area (Å²) in [5, 5.41) is 4.78. The molecule has 2 N–H and O–H groups in total. The van der Waals surface area contributed by atoms with Crippen molar-refractivity contribution in [3.05, 3.63) is 78.4 Å². The van der Waals surface area contributed by atoms with Crippen LogP contribution in [0.25, 0.3) is 5.69 Å². The third kappa shape index (κ3) is 5.47. The highest BCUT2D eigenvalue weighted by molar-refractivity contribution is 5.95. The number of esters is 1. The average Bonchev–Trinajstić information content (AvgIpc) is 3.23. The molecule has 0 bridgehead atoms. The molecule has 0 saturated carbocycles. The summed E-state index contributed by atoms with van der Waals surface area (Å²) in [6.45, 7) is -0.974. The van der Waals surface area contributed by atoms with Gasteiger partial charge in [-0.1, -0.05) is 0 Å². The lowest BCUT2D eigenvalue weighted by Crippen LogP contribution is -2.35. The smallest absolute Gasteiger partial charge is 0.357 e. The van der Waals surface area contributed by atoms with Gasteiger partial charge < -0.3 is 15.4 Å². The molecular weight excluding hydrogens is 398 g/mol. The van der Waals surface area contributed by atoms with Crippen LogP contribution in [0.2, 0.25) is 0 Å². The fraction of sp³-hybridized carbons (Fsp3) is 0.100. The van der Waals surface area contributed by atoms with Crippen molar-refractivity contribution >= 4 is 23.5 Å². The summed E-state index contributed by atoms with van der Waals surface area (Å²) in [5.41, 5.74) is 0.905. The molecule has 2 aromatic carbocycles. The van der Waals surface area contributed by atoms with E-state index in [1.54, 1.807) is 0 Å². The number of imidazole rings is 1. The van der Waals surface area contributed by atoms with Crippen LogP contribution in [0.1, 0.15) is 10.5 Å². The number of rotatable bonds is 7. The quantitative estimate of drug-likeness (QED) is 0.577. The van der Waals surface area contributed by atoms with Gasteiger partial charge in [-0.05, 0) is 48.5 Å². The Balaban J connectivity index is 1.47. The van der Waals surface area contributed by atoms with Crippen molar-refractivity contribution < 1.29 is 27.9 Å². The minimum Gasteiger partial charge on any atom is -0.451 e. The van der Waals surface area contributed by atoms with E-state index in [1.165, 1.54) is 65.6 Å². The maximum absolute atomic E-state index is 13.1. The fourth-order valence-electron chi connectivity index (χ4n) is 2.43. The molecule has 30 heavy (non-hydrogen) atoms. The van der Waals surface area contributed by atoms with Gasteiger partial charge in [0.05, 0.1) is 19.1 Å². The van der Waals surface area contributed by atoms with E-state index in [9.17, 15) is 23.2 Å². The standard InChI is InChI=1S/C20H16F2N4O4/c21-13-1-5-15(6-2-13)25-18(27)10-24-19(28)11-30-20(29)17-9-23-12-26(17)16-7-3-14(22)4-8-16/h1-9,12H,10-11H2,(H,24,28)(H,25,27). The van der Waals surface area contributed by atoms with Crippen molar-refractivity contribution in [2.75, 3.05) is 18.5 Å². The van der Waals surface area contributed by atoms with Crippen LogP contribution in [0, 0.1) is 11.6 Å². The first-order valence-electron chi connectivity index (χ1n) is 8.70. The number of nitrogens with zero attached hydrogens (tertiary/aromatic N) is 2. The number of nitrogens with one attached hydrogen (secondary N) is 2. The predicted molar refractivity (Wildman–Crippen MR) is 102 cm³/mol. The Morgan fingerprint density at radius 3 is 2.23 bits per heavy atom. The zero-order chi connectivity index (χ0) is 21.5. The van der Waals surface area contributed by atoms with Gasteiger partial charge in [0.2, 0.25) is 5.91 Å². The maximum Gasteiger partial charge on any atom is 0.357 e. The summed E-state index contributed by atoms with van der Waals surface area (Å²) in [6.07, 6.45) is 2.60. The Kier molecular flexibility index (Phi) is 6.48. The Bertz CT molecular complexity index is 1050. The number of aromatic nitrogens is 2. The predicted octanol–water partition coefficient (Wildman–Crippen LogP) is 2.06. The van der Waals surface area contributed by atoms with Crippen molar-refractivity contribution in [2.45, 2.75) is 0 Å². The zero-order valence-electron chi connectivity index (χ0n) is 15.5. The molecule has 0 fully saturated rings. The van der Waals surface area contributed by atoms with Crippen molar-refractivity contribution in [3.8, 4) is 5.69 Å². The van der Waals surface area contributed by atoms with Crippen LogP contribution in [0.3, 0.4) is 0 Å². The van der Waals surface area contributed by atoms with Gasteiger partial charge in [0.25, 0.3) is 5.91 Å². The van der Waals surface area contributed by atoms with E-state index in [1.807, 2.05) is 0 Å². The zero-order valence-corrected chi connectivity index (χ0v) is 15.5. The van der Waals surface area contributed by atoms with Crippen molar-refractivity contribution in [1.82, 2.24) is 14.9 Å². The number of amides is 2. The molecule has 0 aliphatic rings. The summed E-state index contributed by atoms with van der Waals surface area (Å²) < 4.78 is 32.2. The number of benzene rings is 2. The monoisotopic (exact) mass is 414 g/mol. The summed E-state index contributed by atoms with van der Waals surface area (Å²) in [6, 6.07) is 10.5. The van der Waals surface area contributed by atoms with Gasteiger partial charge in [-0.3, -0.25) is 14.2 Å². The van der Waals surface area contributed by atoms with Gasteiger partial charge in [0.15, 0.2) is 12.3 Å². The molecular formula is C20H16F2N4O4. The van der Waals surface area contributed by atoms with E-state index in [2.05, 4.69) is 15.6 Å². The van der Waals surface area contributed by atoms with Gasteiger partial charge in [0.1, 0.15) is 11.6 Å². The topological polar surface area (TPSA) is 102 Å². The maximum atomic E-state index is 13.1. The summed E-state index contributed by atoms with van der Waals surface area (Å²) in [4.78, 5) is 39.7. The van der Waals surface area contributed by atoms with Crippen molar-refractivity contribution in [3.63, 3.8) is 0 Å². The van der Waals surface area contributed by atoms with Gasteiger partial charge in [-0.2, -0.15) is 0 Å². The van der Waals surface area contributed by atoms with Crippen LogP contribution in [0.15, 0.2) is 61.1 Å². The number of halogens is 2. The minimum atomic E-state index is -0.817. The van der Waals surface area contributed by atoms with E-state index in [4.69, 9.17) is 4.74 Å². The molecule has 2 amide bonds. The largest absolute Gasteiger partial charge is 0.451 e. The van der Waals surface area contributed by atoms with Crippen molar-refractivity contribution in [1.29, 1.82) is 0 Å². The Labute approximate surface area is 169 Å². The molecule has 0 spiro atoms. The molecule has 0 aliphatic carbocycles. The van der Waals surface area contributed by atoms with Gasteiger partial charge >= 0.3 is 5.97 Å². The van der Waals surface area contributed by atoms with E-state index < -0.39 is 36.0 Å². The lowest BCUT2D eigenvalue weighted by atomic mass is 10.3. The van der Waals surface area contributed by atoms with Gasteiger partial charge in [-0.15, -0.1) is 0 Å². The Hall–Kier alpha value is -4.08. The Morgan fingerprint density at radius 1 is 0.933 bits per heavy atom. The van der Waals surface area contributed by atoms with E-state index in [0.29, 0.717) is 11.4 Å². The second-order valence-electron chi connectivity index (χ2n) is 6.03. The molecule has 1 aromatic heterocycles. The lowest BCUT2D eigenvalue weighted by molar-refractivity contribution is -0.126. The number of hydrogen-bond donors (Lipinski definition) is 2. The number of ether oxygens (including phenoxy) is 1. The molecule has 154 valence electrons. The van der Waals surface area contributed by atoms with Gasteiger partial charge in [-0.25, -0.2) is 18.6 Å². The molecule has 10 heteroatoms. The van der Waals surface area contributed by atoms with Crippen LogP contribution in [-0.2, 0) is 14.3 Å². The highest BCUT2D eigenvalue weighted by Gasteiger charge is 2.16.